The van der Waals surface area contributed by atoms with E-state index in [0.29, 0.717) is 0 Å². The van der Waals surface area contributed by atoms with Gasteiger partial charge in [-0.15, -0.1) is 0 Å². The van der Waals surface area contributed by atoms with Gasteiger partial charge in [-0.05, 0) is 26.3 Å². The van der Waals surface area contributed by atoms with Crippen molar-refractivity contribution in [2.75, 3.05) is 19.8 Å². The number of aliphatic hydroxyl groups excluding tert-OH is 3. The smallest absolute Gasteiger partial charge is 0.0742 e. The Morgan fingerprint density at radius 3 is 1.93 bits per heavy atom. The van der Waals surface area contributed by atoms with Crippen LogP contribution in [0.4, 0.5) is 0 Å². The molecule has 88 valence electrons. The molecule has 0 radical (unpaired) electrons. The highest BCUT2D eigenvalue weighted by Crippen LogP contribution is 1.95. The molecular formula is C9H24N2O3. The molecule has 0 amide bonds. The first kappa shape index (κ1) is 16.2. The van der Waals surface area contributed by atoms with Crippen LogP contribution in [0.15, 0.2) is 0 Å². The predicted molar refractivity (Wildman–Crippen MR) is 56.7 cm³/mol. The van der Waals surface area contributed by atoms with E-state index in [9.17, 15) is 0 Å². The molecule has 7 N–H and O–H groups in total. The Bertz CT molecular complexity index is 102. The molecule has 0 aliphatic carbocycles. The Morgan fingerprint density at radius 1 is 1.14 bits per heavy atom. The lowest BCUT2D eigenvalue weighted by molar-refractivity contribution is 0.110. The number of rotatable bonds is 6. The molecule has 0 aromatic rings. The zero-order valence-corrected chi connectivity index (χ0v) is 8.89. The second-order valence-corrected chi connectivity index (χ2v) is 3.26. The number of aliphatic hydroxyl groups is 3. The Balaban J connectivity index is 0. The Hall–Kier alpha value is -0.200. The molecule has 2 atom stereocenters. The maximum atomic E-state index is 8.48. The number of nitrogens with two attached hydrogens (primary N) is 2. The SMILES string of the molecule is CC(O)CO.NCCCC[C@H](N)CO. The van der Waals surface area contributed by atoms with Crippen molar-refractivity contribution in [1.29, 1.82) is 0 Å². The predicted octanol–water partition coefficient (Wildman–Crippen LogP) is -1.21. The van der Waals surface area contributed by atoms with Crippen LogP contribution in [0.1, 0.15) is 26.2 Å². The summed E-state index contributed by atoms with van der Waals surface area (Å²) in [5.41, 5.74) is 10.7. The summed E-state index contributed by atoms with van der Waals surface area (Å²) in [6.07, 6.45) is 2.36. The van der Waals surface area contributed by atoms with Gasteiger partial charge in [0.05, 0.1) is 19.3 Å². The van der Waals surface area contributed by atoms with Crippen molar-refractivity contribution in [2.45, 2.75) is 38.3 Å². The van der Waals surface area contributed by atoms with E-state index in [1.165, 1.54) is 6.92 Å². The van der Waals surface area contributed by atoms with Crippen molar-refractivity contribution in [3.05, 3.63) is 0 Å². The fourth-order valence-electron chi connectivity index (χ4n) is 0.642. The van der Waals surface area contributed by atoms with Gasteiger partial charge in [0.25, 0.3) is 0 Å². The summed E-state index contributed by atoms with van der Waals surface area (Å²) in [5.74, 6) is 0. The molecule has 1 unspecified atom stereocenters. The van der Waals surface area contributed by atoms with Crippen LogP contribution in [0, 0.1) is 0 Å². The van der Waals surface area contributed by atoms with E-state index >= 15 is 0 Å². The van der Waals surface area contributed by atoms with Gasteiger partial charge < -0.3 is 26.8 Å². The van der Waals surface area contributed by atoms with Gasteiger partial charge in [-0.1, -0.05) is 6.42 Å². The Labute approximate surface area is 85.7 Å². The minimum absolute atomic E-state index is 0.0449. The Morgan fingerprint density at radius 2 is 1.64 bits per heavy atom. The first-order chi connectivity index (χ1) is 6.58. The molecule has 5 heteroatoms. The fraction of sp³-hybridized carbons (Fsp3) is 1.00. The van der Waals surface area contributed by atoms with Gasteiger partial charge >= 0.3 is 0 Å². The van der Waals surface area contributed by atoms with Crippen molar-refractivity contribution >= 4 is 0 Å². The molecule has 0 heterocycles. The highest BCUT2D eigenvalue weighted by atomic mass is 16.3. The molecule has 0 aromatic heterocycles. The summed E-state index contributed by atoms with van der Waals surface area (Å²) >= 11 is 0. The summed E-state index contributed by atoms with van der Waals surface area (Å²) in [4.78, 5) is 0. The lowest BCUT2D eigenvalue weighted by Crippen LogP contribution is -2.24. The molecular weight excluding hydrogens is 184 g/mol. The van der Waals surface area contributed by atoms with Crippen LogP contribution >= 0.6 is 0 Å². The summed E-state index contributed by atoms with van der Waals surface area (Å²) in [6.45, 7) is 2.20. The second kappa shape index (κ2) is 12.8. The molecule has 0 aromatic carbocycles. The van der Waals surface area contributed by atoms with Gasteiger partial charge in [0, 0.05) is 6.04 Å². The maximum absolute atomic E-state index is 8.48. The summed E-state index contributed by atoms with van der Waals surface area (Å²) in [5, 5.41) is 24.5. The first-order valence-corrected chi connectivity index (χ1v) is 4.93. The normalized spacial score (nSPS) is 14.1. The zero-order chi connectivity index (χ0) is 11.4. The lowest BCUT2D eigenvalue weighted by atomic mass is 10.1. The van der Waals surface area contributed by atoms with E-state index in [1.54, 1.807) is 0 Å². The van der Waals surface area contributed by atoms with Gasteiger partial charge in [-0.25, -0.2) is 0 Å². The maximum Gasteiger partial charge on any atom is 0.0742 e. The minimum atomic E-state index is -0.560. The minimum Gasteiger partial charge on any atom is -0.395 e. The molecule has 0 aliphatic rings. The van der Waals surface area contributed by atoms with Crippen molar-refractivity contribution in [1.82, 2.24) is 0 Å². The summed E-state index contributed by atoms with van der Waals surface area (Å²) in [6, 6.07) is -0.0449. The van der Waals surface area contributed by atoms with Crippen LogP contribution < -0.4 is 11.5 Å². The van der Waals surface area contributed by atoms with Crippen molar-refractivity contribution in [2.24, 2.45) is 11.5 Å². The van der Waals surface area contributed by atoms with E-state index in [0.717, 1.165) is 25.8 Å². The molecule has 0 aliphatic heterocycles. The highest BCUT2D eigenvalue weighted by Gasteiger charge is 1.97. The summed E-state index contributed by atoms with van der Waals surface area (Å²) in [7, 11) is 0. The molecule has 14 heavy (non-hydrogen) atoms. The van der Waals surface area contributed by atoms with Gasteiger partial charge in [0.1, 0.15) is 0 Å². The highest BCUT2D eigenvalue weighted by molar-refractivity contribution is 4.57. The van der Waals surface area contributed by atoms with Gasteiger partial charge in [0.2, 0.25) is 0 Å². The third-order valence-electron chi connectivity index (χ3n) is 1.53. The van der Waals surface area contributed by atoms with Crippen LogP contribution in [-0.4, -0.2) is 47.2 Å². The van der Waals surface area contributed by atoms with Crippen LogP contribution in [0.3, 0.4) is 0 Å². The standard InChI is InChI=1S/C6H16N2O.C3H8O2/c7-4-2-1-3-6(8)5-9;1-3(5)2-4/h6,9H,1-5,7-8H2;3-5H,2H2,1H3/t6-;/m0./s1. The van der Waals surface area contributed by atoms with Gasteiger partial charge in [-0.3, -0.25) is 0 Å². The fourth-order valence-corrected chi connectivity index (χ4v) is 0.642. The number of hydrogen-bond acceptors (Lipinski definition) is 5. The first-order valence-electron chi connectivity index (χ1n) is 4.93. The van der Waals surface area contributed by atoms with Crippen LogP contribution in [0.2, 0.25) is 0 Å². The van der Waals surface area contributed by atoms with Crippen LogP contribution in [-0.2, 0) is 0 Å². The van der Waals surface area contributed by atoms with Crippen molar-refractivity contribution < 1.29 is 15.3 Å². The lowest BCUT2D eigenvalue weighted by Gasteiger charge is -2.05. The largest absolute Gasteiger partial charge is 0.395 e. The van der Waals surface area contributed by atoms with Crippen LogP contribution in [0.5, 0.6) is 0 Å². The average Bonchev–Trinajstić information content (AvgIpc) is 2.19. The van der Waals surface area contributed by atoms with Crippen LogP contribution in [0.25, 0.3) is 0 Å². The number of hydrogen-bond donors (Lipinski definition) is 5. The van der Waals surface area contributed by atoms with Gasteiger partial charge in [0.15, 0.2) is 0 Å². The molecule has 0 spiro atoms. The van der Waals surface area contributed by atoms with Crippen molar-refractivity contribution in [3.63, 3.8) is 0 Å². The van der Waals surface area contributed by atoms with Crippen molar-refractivity contribution in [3.8, 4) is 0 Å². The van der Waals surface area contributed by atoms with E-state index in [4.69, 9.17) is 26.8 Å². The zero-order valence-electron chi connectivity index (χ0n) is 8.89. The van der Waals surface area contributed by atoms with E-state index < -0.39 is 6.10 Å². The number of unbranched alkanes of at least 4 members (excludes halogenated alkanes) is 1. The second-order valence-electron chi connectivity index (χ2n) is 3.26. The third kappa shape index (κ3) is 17.8. The quantitative estimate of drug-likeness (QED) is 0.352. The molecule has 5 nitrogen and oxygen atoms in total. The molecule has 0 rings (SSSR count). The van der Waals surface area contributed by atoms with Gasteiger partial charge in [-0.2, -0.15) is 0 Å². The van der Waals surface area contributed by atoms with E-state index in [1.807, 2.05) is 0 Å². The monoisotopic (exact) mass is 208 g/mol. The average molecular weight is 208 g/mol. The molecule has 0 fully saturated rings. The molecule has 0 saturated heterocycles. The molecule has 0 bridgehead atoms. The summed E-state index contributed by atoms with van der Waals surface area (Å²) < 4.78 is 0. The van der Waals surface area contributed by atoms with E-state index in [2.05, 4.69) is 0 Å². The molecule has 0 saturated carbocycles. The Kier molecular flexibility index (Phi) is 14.8. The third-order valence-corrected chi connectivity index (χ3v) is 1.53. The topological polar surface area (TPSA) is 113 Å². The van der Waals surface area contributed by atoms with E-state index in [-0.39, 0.29) is 19.3 Å².